The van der Waals surface area contributed by atoms with Crippen molar-refractivity contribution in [2.45, 2.75) is 25.3 Å². The molecule has 148 valence electrons. The van der Waals surface area contributed by atoms with Crippen LogP contribution in [0.3, 0.4) is 0 Å². The summed E-state index contributed by atoms with van der Waals surface area (Å²) in [6.07, 6.45) is 4.57. The quantitative estimate of drug-likeness (QED) is 0.647. The number of hydrogen-bond acceptors (Lipinski definition) is 3. The number of pyridine rings is 1. The summed E-state index contributed by atoms with van der Waals surface area (Å²) >= 11 is 0. The number of carbonyl (C=O) groups excluding carboxylic acids is 1. The molecule has 1 atom stereocenters. The van der Waals surface area contributed by atoms with Gasteiger partial charge >= 0.3 is 6.03 Å². The van der Waals surface area contributed by atoms with E-state index < -0.39 is 0 Å². The first-order valence-corrected chi connectivity index (χ1v) is 9.58. The van der Waals surface area contributed by atoms with E-state index in [1.165, 1.54) is 17.7 Å². The molecular formula is C23H22FN3O2. The van der Waals surface area contributed by atoms with Gasteiger partial charge in [-0.3, -0.25) is 0 Å². The monoisotopic (exact) mass is 391 g/mol. The van der Waals surface area contributed by atoms with Crippen LogP contribution < -0.4 is 15.4 Å². The summed E-state index contributed by atoms with van der Waals surface area (Å²) in [6, 6.07) is 15.7. The molecule has 0 aliphatic heterocycles. The zero-order valence-electron chi connectivity index (χ0n) is 16.1. The number of nitrogens with one attached hydrogen (secondary N) is 2. The molecule has 5 nitrogen and oxygen atoms in total. The number of aromatic nitrogens is 1. The van der Waals surface area contributed by atoms with Gasteiger partial charge in [-0.15, -0.1) is 0 Å². The molecule has 0 saturated heterocycles. The number of fused-ring (bicyclic) bond motifs is 1. The van der Waals surface area contributed by atoms with Gasteiger partial charge in [0.2, 0.25) is 5.88 Å². The van der Waals surface area contributed by atoms with Gasteiger partial charge in [-0.25, -0.2) is 14.2 Å². The Labute approximate surface area is 168 Å². The van der Waals surface area contributed by atoms with Crippen LogP contribution in [0, 0.1) is 5.82 Å². The summed E-state index contributed by atoms with van der Waals surface area (Å²) in [5.74, 6) is 0.325. The van der Waals surface area contributed by atoms with E-state index >= 15 is 0 Å². The third-order valence-corrected chi connectivity index (χ3v) is 5.09. The first-order chi connectivity index (χ1) is 14.1. The number of nitrogens with zero attached hydrogens (tertiary/aromatic N) is 1. The Bertz CT molecular complexity index is 1060. The van der Waals surface area contributed by atoms with Crippen LogP contribution in [0.4, 0.5) is 14.9 Å². The van der Waals surface area contributed by atoms with Crippen LogP contribution in [-0.2, 0) is 0 Å². The molecule has 1 aliphatic rings. The molecule has 29 heavy (non-hydrogen) atoms. The first kappa shape index (κ1) is 18.9. The lowest BCUT2D eigenvalue weighted by Gasteiger charge is -2.23. The number of rotatable bonds is 4. The SMILES string of the molecule is COc1ccc2cc(NC(=O)NC3CC=C(c4ccc(F)cc4)CC3)ccc2n1. The summed E-state index contributed by atoms with van der Waals surface area (Å²) in [5, 5.41) is 6.84. The second-order valence-corrected chi connectivity index (χ2v) is 7.07. The molecule has 3 aromatic rings. The summed E-state index contributed by atoms with van der Waals surface area (Å²) < 4.78 is 18.2. The number of allylic oxidation sites excluding steroid dienone is 1. The van der Waals surface area contributed by atoms with Crippen molar-refractivity contribution in [1.29, 1.82) is 0 Å². The Morgan fingerprint density at radius 1 is 1.14 bits per heavy atom. The number of carbonyl (C=O) groups is 1. The number of halogens is 1. The Morgan fingerprint density at radius 3 is 2.69 bits per heavy atom. The molecule has 1 unspecified atom stereocenters. The van der Waals surface area contributed by atoms with Crippen LogP contribution >= 0.6 is 0 Å². The van der Waals surface area contributed by atoms with E-state index in [2.05, 4.69) is 21.7 Å². The molecule has 0 fully saturated rings. The highest BCUT2D eigenvalue weighted by molar-refractivity contribution is 5.92. The fraction of sp³-hybridized carbons (Fsp3) is 0.217. The average Bonchev–Trinajstić information content (AvgIpc) is 2.74. The largest absolute Gasteiger partial charge is 0.481 e. The van der Waals surface area contributed by atoms with E-state index in [4.69, 9.17) is 4.74 Å². The fourth-order valence-electron chi connectivity index (χ4n) is 3.54. The Morgan fingerprint density at radius 2 is 1.97 bits per heavy atom. The molecule has 2 amide bonds. The Balaban J connectivity index is 1.35. The van der Waals surface area contributed by atoms with Crippen molar-refractivity contribution >= 4 is 28.2 Å². The van der Waals surface area contributed by atoms with Gasteiger partial charge in [-0.2, -0.15) is 0 Å². The van der Waals surface area contributed by atoms with Crippen LogP contribution in [0.1, 0.15) is 24.8 Å². The van der Waals surface area contributed by atoms with Gasteiger partial charge in [0.15, 0.2) is 0 Å². The van der Waals surface area contributed by atoms with Crippen molar-refractivity contribution in [2.75, 3.05) is 12.4 Å². The lowest BCUT2D eigenvalue weighted by molar-refractivity contribution is 0.247. The van der Waals surface area contributed by atoms with Crippen molar-refractivity contribution in [3.8, 4) is 5.88 Å². The van der Waals surface area contributed by atoms with Crippen molar-refractivity contribution in [2.24, 2.45) is 0 Å². The van der Waals surface area contributed by atoms with Crippen LogP contribution in [0.5, 0.6) is 5.88 Å². The Kier molecular flexibility index (Phi) is 5.42. The number of ether oxygens (including phenoxy) is 1. The van der Waals surface area contributed by atoms with Gasteiger partial charge in [-0.05, 0) is 66.8 Å². The van der Waals surface area contributed by atoms with Crippen molar-refractivity contribution in [3.05, 3.63) is 72.1 Å². The third kappa shape index (κ3) is 4.54. The molecule has 1 aliphatic carbocycles. The lowest BCUT2D eigenvalue weighted by atomic mass is 9.91. The van der Waals surface area contributed by atoms with Crippen molar-refractivity contribution in [1.82, 2.24) is 10.3 Å². The number of urea groups is 1. The summed E-state index contributed by atoms with van der Waals surface area (Å²) in [7, 11) is 1.58. The van der Waals surface area contributed by atoms with E-state index in [1.807, 2.05) is 24.3 Å². The summed E-state index contributed by atoms with van der Waals surface area (Å²) in [4.78, 5) is 16.8. The van der Waals surface area contributed by atoms with Gasteiger partial charge in [-0.1, -0.05) is 18.2 Å². The maximum Gasteiger partial charge on any atom is 0.319 e. The molecule has 0 bridgehead atoms. The van der Waals surface area contributed by atoms with Gasteiger partial charge in [0.25, 0.3) is 0 Å². The van der Waals surface area contributed by atoms with Crippen molar-refractivity contribution in [3.63, 3.8) is 0 Å². The minimum atomic E-state index is -0.231. The fourth-order valence-corrected chi connectivity index (χ4v) is 3.54. The first-order valence-electron chi connectivity index (χ1n) is 9.58. The molecule has 4 rings (SSSR count). The smallest absolute Gasteiger partial charge is 0.319 e. The van der Waals surface area contributed by atoms with Crippen LogP contribution in [0.15, 0.2) is 60.7 Å². The molecule has 0 radical (unpaired) electrons. The standard InChI is InChI=1S/C23H22FN3O2/c1-29-22-13-6-17-14-20(11-12-21(17)27-22)26-23(28)25-19-9-4-16(5-10-19)15-2-7-18(24)8-3-15/h2-4,6-8,11-14,19H,5,9-10H2,1H3,(H2,25,26,28). The Hall–Kier alpha value is -3.41. The maximum atomic E-state index is 13.1. The molecule has 6 heteroatoms. The molecule has 2 aromatic carbocycles. The normalized spacial score (nSPS) is 16.2. The third-order valence-electron chi connectivity index (χ3n) is 5.09. The molecule has 0 spiro atoms. The topological polar surface area (TPSA) is 63.2 Å². The van der Waals surface area contributed by atoms with E-state index in [0.717, 1.165) is 35.7 Å². The number of hydrogen-bond donors (Lipinski definition) is 2. The van der Waals surface area contributed by atoms with Gasteiger partial charge in [0, 0.05) is 23.2 Å². The second kappa shape index (κ2) is 8.31. The predicted octanol–water partition coefficient (Wildman–Crippen LogP) is 5.14. The van der Waals surface area contributed by atoms with Crippen LogP contribution in [-0.4, -0.2) is 24.2 Å². The highest BCUT2D eigenvalue weighted by Crippen LogP contribution is 2.27. The minimum Gasteiger partial charge on any atom is -0.481 e. The highest BCUT2D eigenvalue weighted by atomic mass is 19.1. The number of benzene rings is 2. The molecular weight excluding hydrogens is 369 g/mol. The summed E-state index contributed by atoms with van der Waals surface area (Å²) in [6.45, 7) is 0. The molecule has 0 saturated carbocycles. The van der Waals surface area contributed by atoms with Crippen LogP contribution in [0.2, 0.25) is 0 Å². The minimum absolute atomic E-state index is 0.0746. The van der Waals surface area contributed by atoms with E-state index in [0.29, 0.717) is 11.6 Å². The number of amides is 2. The van der Waals surface area contributed by atoms with Gasteiger partial charge in [0.1, 0.15) is 5.82 Å². The van der Waals surface area contributed by atoms with E-state index in [1.54, 1.807) is 25.3 Å². The maximum absolute atomic E-state index is 13.1. The van der Waals surface area contributed by atoms with Crippen LogP contribution in [0.25, 0.3) is 16.5 Å². The second-order valence-electron chi connectivity index (χ2n) is 7.07. The van der Waals surface area contributed by atoms with Crippen molar-refractivity contribution < 1.29 is 13.9 Å². The predicted molar refractivity (Wildman–Crippen MR) is 112 cm³/mol. The zero-order chi connectivity index (χ0) is 20.2. The van der Waals surface area contributed by atoms with Gasteiger partial charge in [0.05, 0.1) is 12.6 Å². The zero-order valence-corrected chi connectivity index (χ0v) is 16.1. The molecule has 2 N–H and O–H groups in total. The lowest BCUT2D eigenvalue weighted by Crippen LogP contribution is -2.38. The highest BCUT2D eigenvalue weighted by Gasteiger charge is 2.17. The number of anilines is 1. The summed E-state index contributed by atoms with van der Waals surface area (Å²) in [5.41, 5.74) is 3.75. The average molecular weight is 391 g/mol. The molecule has 1 aromatic heterocycles. The van der Waals surface area contributed by atoms with E-state index in [-0.39, 0.29) is 17.9 Å². The number of methoxy groups -OCH3 is 1. The van der Waals surface area contributed by atoms with E-state index in [9.17, 15) is 9.18 Å². The molecule has 1 heterocycles. The van der Waals surface area contributed by atoms with Gasteiger partial charge < -0.3 is 15.4 Å².